The molecule has 5 nitrogen and oxygen atoms in total. The van der Waals surface area contributed by atoms with Crippen LogP contribution in [0, 0.1) is 6.92 Å². The van der Waals surface area contributed by atoms with Gasteiger partial charge in [0.2, 0.25) is 5.52 Å². The summed E-state index contributed by atoms with van der Waals surface area (Å²) in [6.45, 7) is 5.97. The molecule has 2 aromatic rings. The molecule has 24 heavy (non-hydrogen) atoms. The van der Waals surface area contributed by atoms with Crippen molar-refractivity contribution >= 4 is 34.2 Å². The van der Waals surface area contributed by atoms with Gasteiger partial charge in [0, 0.05) is 23.6 Å². The first-order valence-electron chi connectivity index (χ1n) is 8.28. The Balaban J connectivity index is 2.43. The van der Waals surface area contributed by atoms with E-state index >= 15 is 0 Å². The van der Waals surface area contributed by atoms with Gasteiger partial charge in [-0.3, -0.25) is 0 Å². The van der Waals surface area contributed by atoms with Crippen molar-refractivity contribution in [3.63, 3.8) is 0 Å². The van der Waals surface area contributed by atoms with E-state index in [0.29, 0.717) is 17.2 Å². The zero-order valence-corrected chi connectivity index (χ0v) is 15.5. The molecule has 2 rings (SSSR count). The van der Waals surface area contributed by atoms with E-state index in [9.17, 15) is 4.79 Å². The highest BCUT2D eigenvalue weighted by Gasteiger charge is 2.21. The Hall–Kier alpha value is -1.85. The number of halogens is 1. The van der Waals surface area contributed by atoms with Gasteiger partial charge in [-0.05, 0) is 26.0 Å². The molecule has 1 aromatic carbocycles. The molecule has 0 aliphatic carbocycles. The lowest BCUT2D eigenvalue weighted by molar-refractivity contribution is -0.858. The van der Waals surface area contributed by atoms with Crippen LogP contribution in [0.5, 0.6) is 0 Å². The van der Waals surface area contributed by atoms with E-state index in [4.69, 9.17) is 16.3 Å². The minimum atomic E-state index is -0.339. The number of esters is 1. The Morgan fingerprint density at radius 1 is 1.38 bits per heavy atom. The summed E-state index contributed by atoms with van der Waals surface area (Å²) >= 11 is 6.23. The molecular weight excluding hydrogens is 326 g/mol. The summed E-state index contributed by atoms with van der Waals surface area (Å²) in [4.78, 5) is 16.9. The lowest BCUT2D eigenvalue weighted by Crippen LogP contribution is -3.05. The molecule has 0 spiro atoms. The Morgan fingerprint density at radius 2 is 2.12 bits per heavy atom. The summed E-state index contributed by atoms with van der Waals surface area (Å²) in [5.41, 5.74) is 3.28. The highest BCUT2D eigenvalue weighted by molar-refractivity contribution is 6.31. The number of rotatable bonds is 7. The number of nitrogens with one attached hydrogen (secondary N) is 3. The number of pyridine rings is 1. The van der Waals surface area contributed by atoms with Crippen LogP contribution < -0.4 is 15.2 Å². The molecule has 0 saturated carbocycles. The zero-order chi connectivity index (χ0) is 17.7. The second-order valence-corrected chi connectivity index (χ2v) is 6.62. The molecule has 0 atom stereocenters. The molecule has 0 saturated heterocycles. The van der Waals surface area contributed by atoms with Crippen LogP contribution in [0.15, 0.2) is 18.3 Å². The highest BCUT2D eigenvalue weighted by atomic mass is 35.5. The number of carbonyl (C=O) groups is 1. The molecule has 1 aromatic heterocycles. The molecule has 3 N–H and O–H groups in total. The van der Waals surface area contributed by atoms with Crippen LogP contribution in [0.4, 0.5) is 5.69 Å². The van der Waals surface area contributed by atoms with Gasteiger partial charge >= 0.3 is 5.97 Å². The van der Waals surface area contributed by atoms with Crippen LogP contribution in [0.1, 0.15) is 29.3 Å². The van der Waals surface area contributed by atoms with Gasteiger partial charge in [-0.25, -0.2) is 9.78 Å². The number of benzene rings is 1. The van der Waals surface area contributed by atoms with Crippen molar-refractivity contribution in [3.8, 4) is 0 Å². The van der Waals surface area contributed by atoms with Crippen LogP contribution in [0.3, 0.4) is 0 Å². The van der Waals surface area contributed by atoms with Gasteiger partial charge in [-0.2, -0.15) is 0 Å². The Morgan fingerprint density at radius 3 is 2.79 bits per heavy atom. The van der Waals surface area contributed by atoms with E-state index in [-0.39, 0.29) is 5.97 Å². The molecule has 0 aliphatic heterocycles. The summed E-state index contributed by atoms with van der Waals surface area (Å²) in [5, 5.41) is 4.97. The lowest BCUT2D eigenvalue weighted by atomic mass is 10.1. The third-order valence-electron chi connectivity index (χ3n) is 3.85. The van der Waals surface area contributed by atoms with Gasteiger partial charge in [0.25, 0.3) is 0 Å². The van der Waals surface area contributed by atoms with Crippen molar-refractivity contribution in [1.29, 1.82) is 0 Å². The molecule has 0 unspecified atom stereocenters. The number of anilines is 1. The van der Waals surface area contributed by atoms with Crippen molar-refractivity contribution in [1.82, 2.24) is 0 Å². The zero-order valence-electron chi connectivity index (χ0n) is 14.8. The number of ether oxygens (including phenoxy) is 1. The van der Waals surface area contributed by atoms with Gasteiger partial charge in [0.1, 0.15) is 5.56 Å². The van der Waals surface area contributed by atoms with E-state index in [1.165, 1.54) is 4.90 Å². The van der Waals surface area contributed by atoms with Crippen molar-refractivity contribution in [2.75, 3.05) is 39.1 Å². The number of fused-ring (bicyclic) bond motifs is 1. The number of hydrogen-bond donors (Lipinski definition) is 2. The average molecular weight is 352 g/mol. The molecule has 0 radical (unpaired) electrons. The minimum absolute atomic E-state index is 0.339. The first-order chi connectivity index (χ1) is 11.4. The van der Waals surface area contributed by atoms with Crippen LogP contribution in [0.2, 0.25) is 5.02 Å². The fourth-order valence-corrected chi connectivity index (χ4v) is 2.98. The van der Waals surface area contributed by atoms with Crippen molar-refractivity contribution in [3.05, 3.63) is 34.5 Å². The predicted octanol–water partition coefficient (Wildman–Crippen LogP) is 1.74. The second kappa shape index (κ2) is 8.31. The first-order valence-corrected chi connectivity index (χ1v) is 8.66. The van der Waals surface area contributed by atoms with Crippen LogP contribution >= 0.6 is 11.6 Å². The molecule has 130 valence electrons. The minimum Gasteiger partial charge on any atom is -0.462 e. The Bertz CT molecular complexity index is 732. The molecular formula is C18H26ClN3O2+2. The Labute approximate surface area is 148 Å². The van der Waals surface area contributed by atoms with E-state index < -0.39 is 0 Å². The largest absolute Gasteiger partial charge is 0.462 e. The number of quaternary nitrogens is 1. The number of aryl methyl sites for hydroxylation is 1. The van der Waals surface area contributed by atoms with E-state index in [2.05, 4.69) is 24.4 Å². The Kier molecular flexibility index (Phi) is 6.40. The van der Waals surface area contributed by atoms with Crippen molar-refractivity contribution in [2.45, 2.75) is 20.3 Å². The maximum Gasteiger partial charge on any atom is 0.346 e. The fraction of sp³-hybridized carbons (Fsp3) is 0.444. The van der Waals surface area contributed by atoms with Gasteiger partial charge in [0.05, 0.1) is 38.3 Å². The van der Waals surface area contributed by atoms with Gasteiger partial charge in [-0.1, -0.05) is 11.6 Å². The van der Waals surface area contributed by atoms with E-state index in [1.807, 2.05) is 19.1 Å². The average Bonchev–Trinajstić information content (AvgIpc) is 2.51. The molecule has 0 amide bonds. The predicted molar refractivity (Wildman–Crippen MR) is 97.0 cm³/mol. The maximum absolute atomic E-state index is 12.3. The molecule has 6 heteroatoms. The maximum atomic E-state index is 12.3. The lowest BCUT2D eigenvalue weighted by Gasteiger charge is -2.13. The van der Waals surface area contributed by atoms with Crippen molar-refractivity contribution < 1.29 is 19.4 Å². The van der Waals surface area contributed by atoms with E-state index in [1.54, 1.807) is 13.1 Å². The summed E-state index contributed by atoms with van der Waals surface area (Å²) in [5.74, 6) is -0.339. The third kappa shape index (κ3) is 4.36. The molecule has 0 bridgehead atoms. The number of H-pyrrole nitrogens is 1. The quantitative estimate of drug-likeness (QED) is 0.590. The SMILES string of the molecule is CCOC(=O)c1c[nH+]c2c(C)cc(Cl)cc2c1NCCC[NH+](C)C. The number of aromatic amines is 1. The van der Waals surface area contributed by atoms with Crippen LogP contribution in [0.25, 0.3) is 10.9 Å². The van der Waals surface area contributed by atoms with Crippen LogP contribution in [-0.4, -0.2) is 39.8 Å². The number of aromatic nitrogens is 1. The second-order valence-electron chi connectivity index (χ2n) is 6.18. The number of hydrogen-bond acceptors (Lipinski definition) is 3. The standard InChI is InChI=1S/C18H24ClN3O2/c1-5-24-18(23)15-11-21-16-12(2)9-13(19)10-14(16)17(15)20-7-6-8-22(3)4/h9-11H,5-8H2,1-4H3,(H,20,21)/p+2. The normalized spacial score (nSPS) is 11.1. The number of carbonyl (C=O) groups excluding carboxylic acids is 1. The molecule has 0 aliphatic rings. The summed E-state index contributed by atoms with van der Waals surface area (Å²) < 4.78 is 5.19. The fourth-order valence-electron chi connectivity index (χ4n) is 2.71. The summed E-state index contributed by atoms with van der Waals surface area (Å²) in [6.07, 6.45) is 2.71. The third-order valence-corrected chi connectivity index (χ3v) is 4.07. The van der Waals surface area contributed by atoms with Crippen molar-refractivity contribution in [2.24, 2.45) is 0 Å². The van der Waals surface area contributed by atoms with E-state index in [0.717, 1.165) is 41.7 Å². The molecule has 0 fully saturated rings. The summed E-state index contributed by atoms with van der Waals surface area (Å²) in [7, 11) is 4.25. The van der Waals surface area contributed by atoms with Crippen LogP contribution in [-0.2, 0) is 4.74 Å². The highest BCUT2D eigenvalue weighted by Crippen LogP contribution is 2.29. The monoisotopic (exact) mass is 351 g/mol. The smallest absolute Gasteiger partial charge is 0.346 e. The summed E-state index contributed by atoms with van der Waals surface area (Å²) in [6, 6.07) is 3.78. The van der Waals surface area contributed by atoms with Gasteiger partial charge in [-0.15, -0.1) is 0 Å². The molecule has 1 heterocycles. The van der Waals surface area contributed by atoms with Gasteiger partial charge in [0.15, 0.2) is 6.20 Å². The first kappa shape index (κ1) is 18.5. The topological polar surface area (TPSA) is 56.9 Å². The van der Waals surface area contributed by atoms with Gasteiger partial charge < -0.3 is 15.0 Å².